The molecule has 0 fully saturated rings. The van der Waals surface area contributed by atoms with Crippen LogP contribution in [0.15, 0.2) is 58.4 Å². The number of nitrogens with one attached hydrogen (secondary N) is 1. The number of benzene rings is 2. The minimum Gasteiger partial charge on any atom is -0.496 e. The van der Waals surface area contributed by atoms with Gasteiger partial charge in [0.1, 0.15) is 16.3 Å². The number of hydrogen-bond donors (Lipinski definition) is 1. The monoisotopic (exact) mass is 513 g/mol. The van der Waals surface area contributed by atoms with E-state index in [-0.39, 0.29) is 12.5 Å². The van der Waals surface area contributed by atoms with Gasteiger partial charge >= 0.3 is 5.97 Å². The van der Waals surface area contributed by atoms with E-state index in [9.17, 15) is 9.59 Å². The average Bonchev–Trinajstić information content (AvgIpc) is 3.21. The smallest absolute Gasteiger partial charge is 0.341 e. The van der Waals surface area contributed by atoms with Crippen LogP contribution in [0.5, 0.6) is 5.75 Å². The maximum Gasteiger partial charge on any atom is 0.341 e. The van der Waals surface area contributed by atoms with Crippen LogP contribution in [-0.4, -0.2) is 25.6 Å². The summed E-state index contributed by atoms with van der Waals surface area (Å²) in [6.07, 6.45) is 4.06. The van der Waals surface area contributed by atoms with Crippen molar-refractivity contribution in [2.24, 2.45) is 0 Å². The van der Waals surface area contributed by atoms with Gasteiger partial charge in [0, 0.05) is 17.0 Å². The summed E-state index contributed by atoms with van der Waals surface area (Å²) < 4.78 is 11.3. The Morgan fingerprint density at radius 2 is 1.88 bits per heavy atom. The first-order valence-electron chi connectivity index (χ1n) is 10.2. The van der Waals surface area contributed by atoms with E-state index >= 15 is 0 Å². The summed E-state index contributed by atoms with van der Waals surface area (Å²) in [4.78, 5) is 25.3. The molecule has 3 aromatic rings. The number of carbonyl (C=O) groups excluding carboxylic acids is 2. The highest BCUT2D eigenvalue weighted by molar-refractivity contribution is 9.10. The Kier molecular flexibility index (Phi) is 8.25. The van der Waals surface area contributed by atoms with E-state index in [1.165, 1.54) is 23.0 Å². The van der Waals surface area contributed by atoms with Gasteiger partial charge in [-0.05, 0) is 64.2 Å². The van der Waals surface area contributed by atoms with E-state index in [4.69, 9.17) is 9.47 Å². The predicted molar refractivity (Wildman–Crippen MR) is 133 cm³/mol. The Bertz CT molecular complexity index is 1140. The fourth-order valence-electron chi connectivity index (χ4n) is 3.10. The number of rotatable bonds is 8. The topological polar surface area (TPSA) is 64.6 Å². The third-order valence-corrected chi connectivity index (χ3v) is 6.30. The van der Waals surface area contributed by atoms with Gasteiger partial charge in [-0.3, -0.25) is 4.79 Å². The second kappa shape index (κ2) is 11.1. The first-order valence-corrected chi connectivity index (χ1v) is 11.8. The third-order valence-electron chi connectivity index (χ3n) is 4.78. The Labute approximate surface area is 200 Å². The van der Waals surface area contributed by atoms with Gasteiger partial charge in [-0.15, -0.1) is 11.3 Å². The lowest BCUT2D eigenvalue weighted by molar-refractivity contribution is -0.111. The van der Waals surface area contributed by atoms with Gasteiger partial charge in [0.15, 0.2) is 0 Å². The zero-order valence-electron chi connectivity index (χ0n) is 18.1. The molecular weight excluding hydrogens is 490 g/mol. The molecule has 0 aliphatic carbocycles. The molecule has 3 rings (SSSR count). The van der Waals surface area contributed by atoms with Crippen LogP contribution in [0.25, 0.3) is 17.2 Å². The molecule has 1 N–H and O–H groups in total. The zero-order chi connectivity index (χ0) is 23.1. The van der Waals surface area contributed by atoms with Gasteiger partial charge in [0.2, 0.25) is 5.91 Å². The van der Waals surface area contributed by atoms with Crippen molar-refractivity contribution in [3.8, 4) is 16.9 Å². The summed E-state index contributed by atoms with van der Waals surface area (Å²) in [6.45, 7) is 4.10. The molecule has 0 saturated carbocycles. The number of anilines is 1. The molecule has 0 bridgehead atoms. The van der Waals surface area contributed by atoms with E-state index in [1.54, 1.807) is 20.1 Å². The van der Waals surface area contributed by atoms with Crippen molar-refractivity contribution in [3.05, 3.63) is 75.1 Å². The zero-order valence-corrected chi connectivity index (χ0v) is 20.5. The van der Waals surface area contributed by atoms with E-state index in [0.717, 1.165) is 27.6 Å². The maximum absolute atomic E-state index is 12.7. The van der Waals surface area contributed by atoms with Crippen molar-refractivity contribution < 1.29 is 19.1 Å². The number of thiophene rings is 1. The lowest BCUT2D eigenvalue weighted by atomic mass is 10.0. The van der Waals surface area contributed by atoms with Crippen molar-refractivity contribution in [2.45, 2.75) is 20.3 Å². The number of aryl methyl sites for hydroxylation is 1. The third kappa shape index (κ3) is 5.66. The second-order valence-corrected chi connectivity index (χ2v) is 8.58. The highest BCUT2D eigenvalue weighted by Gasteiger charge is 2.22. The summed E-state index contributed by atoms with van der Waals surface area (Å²) >= 11 is 4.73. The molecular formula is C25H24BrNO4S. The Morgan fingerprint density at radius 1 is 1.12 bits per heavy atom. The summed E-state index contributed by atoms with van der Waals surface area (Å²) in [5.74, 6) is -0.0809. The van der Waals surface area contributed by atoms with E-state index in [0.29, 0.717) is 16.3 Å². The van der Waals surface area contributed by atoms with Crippen LogP contribution < -0.4 is 10.1 Å². The first kappa shape index (κ1) is 23.8. The van der Waals surface area contributed by atoms with Crippen molar-refractivity contribution >= 4 is 50.2 Å². The van der Waals surface area contributed by atoms with Crippen LogP contribution >= 0.6 is 27.3 Å². The average molecular weight is 514 g/mol. The van der Waals surface area contributed by atoms with Crippen molar-refractivity contribution in [1.82, 2.24) is 0 Å². The van der Waals surface area contributed by atoms with E-state index < -0.39 is 5.97 Å². The fraction of sp³-hybridized carbons (Fsp3) is 0.200. The number of hydrogen-bond acceptors (Lipinski definition) is 5. The molecule has 1 amide bonds. The number of methoxy groups -OCH3 is 1. The Balaban J connectivity index is 1.84. The Hall–Kier alpha value is -2.90. The van der Waals surface area contributed by atoms with Gasteiger partial charge in [-0.25, -0.2) is 4.79 Å². The minimum absolute atomic E-state index is 0.253. The number of ether oxygens (including phenoxy) is 2. The number of esters is 1. The molecule has 0 unspecified atom stereocenters. The highest BCUT2D eigenvalue weighted by atomic mass is 79.9. The van der Waals surface area contributed by atoms with Crippen LogP contribution in [0.2, 0.25) is 0 Å². The molecule has 0 aliphatic rings. The number of halogens is 1. The normalized spacial score (nSPS) is 10.9. The molecule has 7 heteroatoms. The molecule has 0 saturated heterocycles. The first-order chi connectivity index (χ1) is 15.5. The standard InChI is InChI=1S/C25H24BrNO4S/c1-4-16-6-10-18(11-7-16)19-15-32-24(23(19)25(29)31-5-2)27-22(28)13-9-17-8-12-21(30-3)20(26)14-17/h6-15H,4-5H2,1-3H3,(H,27,28). The highest BCUT2D eigenvalue weighted by Crippen LogP contribution is 2.36. The number of carbonyl (C=O) groups is 2. The number of amides is 1. The maximum atomic E-state index is 12.7. The molecule has 5 nitrogen and oxygen atoms in total. The predicted octanol–water partition coefficient (Wildman–Crippen LogP) is 6.58. The van der Waals surface area contributed by atoms with Crippen LogP contribution in [0.4, 0.5) is 5.00 Å². The summed E-state index contributed by atoms with van der Waals surface area (Å²) in [6, 6.07) is 13.6. The lowest BCUT2D eigenvalue weighted by Gasteiger charge is -2.08. The fourth-order valence-corrected chi connectivity index (χ4v) is 4.62. The van der Waals surface area contributed by atoms with E-state index in [2.05, 4.69) is 28.2 Å². The molecule has 2 aromatic carbocycles. The van der Waals surface area contributed by atoms with Gasteiger partial charge < -0.3 is 14.8 Å². The minimum atomic E-state index is -0.457. The van der Waals surface area contributed by atoms with Gasteiger partial charge in [0.25, 0.3) is 0 Å². The van der Waals surface area contributed by atoms with E-state index in [1.807, 2.05) is 47.8 Å². The van der Waals surface area contributed by atoms with Gasteiger partial charge in [0.05, 0.1) is 18.2 Å². The second-order valence-electron chi connectivity index (χ2n) is 6.84. The summed E-state index contributed by atoms with van der Waals surface area (Å²) in [5, 5.41) is 5.16. The largest absolute Gasteiger partial charge is 0.496 e. The molecule has 1 heterocycles. The quantitative estimate of drug-likeness (QED) is 0.273. The Morgan fingerprint density at radius 3 is 2.50 bits per heavy atom. The van der Waals surface area contributed by atoms with Crippen molar-refractivity contribution in [2.75, 3.05) is 19.0 Å². The van der Waals surface area contributed by atoms with Gasteiger partial charge in [-0.2, -0.15) is 0 Å². The SMILES string of the molecule is CCOC(=O)c1c(-c2ccc(CC)cc2)csc1NC(=O)C=Cc1ccc(OC)c(Br)c1. The molecule has 1 aromatic heterocycles. The van der Waals surface area contributed by atoms with Crippen LogP contribution in [0.3, 0.4) is 0 Å². The molecule has 32 heavy (non-hydrogen) atoms. The molecule has 0 radical (unpaired) electrons. The van der Waals surface area contributed by atoms with Gasteiger partial charge in [-0.1, -0.05) is 37.3 Å². The molecule has 0 aliphatic heterocycles. The molecule has 0 atom stereocenters. The van der Waals surface area contributed by atoms with Crippen molar-refractivity contribution in [3.63, 3.8) is 0 Å². The summed E-state index contributed by atoms with van der Waals surface area (Å²) in [7, 11) is 1.59. The molecule has 0 spiro atoms. The van der Waals surface area contributed by atoms with Crippen LogP contribution in [0.1, 0.15) is 35.3 Å². The molecule has 166 valence electrons. The van der Waals surface area contributed by atoms with Crippen molar-refractivity contribution in [1.29, 1.82) is 0 Å². The van der Waals surface area contributed by atoms with Crippen LogP contribution in [0, 0.1) is 0 Å². The lowest BCUT2D eigenvalue weighted by Crippen LogP contribution is -2.12. The van der Waals surface area contributed by atoms with Crippen LogP contribution in [-0.2, 0) is 16.0 Å². The summed E-state index contributed by atoms with van der Waals surface area (Å²) in [5.41, 5.74) is 4.07.